The summed E-state index contributed by atoms with van der Waals surface area (Å²) in [5, 5.41) is 0.884. The Morgan fingerprint density at radius 3 is 3.00 bits per heavy atom. The minimum Gasteiger partial charge on any atom is -0.329 e. The molecule has 3 rings (SSSR count). The van der Waals surface area contributed by atoms with Crippen LogP contribution in [0.25, 0.3) is 0 Å². The highest BCUT2D eigenvalue weighted by Gasteiger charge is 2.14. The molecule has 19 heavy (non-hydrogen) atoms. The number of fused-ring (bicyclic) bond motifs is 1. The maximum Gasteiger partial charge on any atom is 0.173 e. The SMILES string of the molecule is Cn1ccnc1SCC(=O)c1ccc2c(c1)CCC2. The molecule has 2 aromatic rings. The number of imidazole rings is 1. The maximum atomic E-state index is 12.2. The highest BCUT2D eigenvalue weighted by atomic mass is 32.2. The van der Waals surface area contributed by atoms with Crippen molar-refractivity contribution in [2.75, 3.05) is 5.75 Å². The number of benzene rings is 1. The number of thioether (sulfide) groups is 1. The van der Waals surface area contributed by atoms with Crippen molar-refractivity contribution in [1.82, 2.24) is 9.55 Å². The fraction of sp³-hybridized carbons (Fsp3) is 0.333. The van der Waals surface area contributed by atoms with Crippen LogP contribution < -0.4 is 0 Å². The van der Waals surface area contributed by atoms with E-state index in [4.69, 9.17) is 0 Å². The first-order valence-electron chi connectivity index (χ1n) is 6.49. The van der Waals surface area contributed by atoms with Crippen molar-refractivity contribution < 1.29 is 4.79 Å². The molecule has 0 N–H and O–H groups in total. The van der Waals surface area contributed by atoms with E-state index in [2.05, 4.69) is 17.1 Å². The Labute approximate surface area is 117 Å². The number of Topliss-reactive ketones (excluding diaryl/α,β-unsaturated/α-hetero) is 1. The van der Waals surface area contributed by atoms with Crippen LogP contribution in [0, 0.1) is 0 Å². The molecule has 0 spiro atoms. The lowest BCUT2D eigenvalue weighted by Gasteiger charge is -2.04. The predicted octanol–water partition coefficient (Wildman–Crippen LogP) is 2.88. The highest BCUT2D eigenvalue weighted by molar-refractivity contribution is 7.99. The van der Waals surface area contributed by atoms with E-state index in [9.17, 15) is 4.79 Å². The minimum absolute atomic E-state index is 0.183. The number of hydrogen-bond acceptors (Lipinski definition) is 3. The summed E-state index contributed by atoms with van der Waals surface area (Å²) in [5.74, 6) is 0.631. The van der Waals surface area contributed by atoms with Crippen LogP contribution in [-0.4, -0.2) is 21.1 Å². The predicted molar refractivity (Wildman–Crippen MR) is 76.7 cm³/mol. The van der Waals surface area contributed by atoms with Crippen molar-refractivity contribution in [3.05, 3.63) is 47.3 Å². The van der Waals surface area contributed by atoms with E-state index >= 15 is 0 Å². The van der Waals surface area contributed by atoms with Gasteiger partial charge in [-0.1, -0.05) is 23.9 Å². The van der Waals surface area contributed by atoms with Crippen molar-refractivity contribution in [2.45, 2.75) is 24.4 Å². The standard InChI is InChI=1S/C15H16N2OS/c1-17-8-7-16-15(17)19-10-14(18)13-6-5-11-3-2-4-12(11)9-13/h5-9H,2-4,10H2,1H3. The normalized spacial score (nSPS) is 13.5. The first kappa shape index (κ1) is 12.5. The zero-order chi connectivity index (χ0) is 13.2. The number of aromatic nitrogens is 2. The molecule has 1 heterocycles. The van der Waals surface area contributed by atoms with Gasteiger partial charge in [0.25, 0.3) is 0 Å². The molecule has 0 bridgehead atoms. The van der Waals surface area contributed by atoms with Gasteiger partial charge in [0.15, 0.2) is 10.9 Å². The smallest absolute Gasteiger partial charge is 0.173 e. The average Bonchev–Trinajstić information content (AvgIpc) is 3.03. The topological polar surface area (TPSA) is 34.9 Å². The Hall–Kier alpha value is -1.55. The van der Waals surface area contributed by atoms with Crippen molar-refractivity contribution in [3.63, 3.8) is 0 Å². The second kappa shape index (κ2) is 5.21. The Balaban J connectivity index is 1.69. The van der Waals surface area contributed by atoms with Crippen molar-refractivity contribution >= 4 is 17.5 Å². The number of aryl methyl sites for hydroxylation is 3. The van der Waals surface area contributed by atoms with Gasteiger partial charge in [-0.25, -0.2) is 4.98 Å². The molecule has 4 heteroatoms. The monoisotopic (exact) mass is 272 g/mol. The van der Waals surface area contributed by atoms with E-state index in [0.29, 0.717) is 5.75 Å². The molecule has 1 aromatic carbocycles. The third-order valence-corrected chi connectivity index (χ3v) is 4.59. The molecule has 0 atom stereocenters. The quantitative estimate of drug-likeness (QED) is 0.634. The molecular weight excluding hydrogens is 256 g/mol. The first-order valence-corrected chi connectivity index (χ1v) is 7.48. The molecule has 0 amide bonds. The van der Waals surface area contributed by atoms with Crippen molar-refractivity contribution in [1.29, 1.82) is 0 Å². The first-order chi connectivity index (χ1) is 9.24. The van der Waals surface area contributed by atoms with Crippen molar-refractivity contribution in [3.8, 4) is 0 Å². The molecule has 1 aliphatic carbocycles. The Bertz CT molecular complexity index is 618. The molecule has 1 aliphatic rings. The van der Waals surface area contributed by atoms with Crippen molar-refractivity contribution in [2.24, 2.45) is 7.05 Å². The zero-order valence-corrected chi connectivity index (χ0v) is 11.7. The van der Waals surface area contributed by atoms with Crippen LogP contribution >= 0.6 is 11.8 Å². The lowest BCUT2D eigenvalue weighted by molar-refractivity contribution is 0.102. The number of nitrogens with zero attached hydrogens (tertiary/aromatic N) is 2. The maximum absolute atomic E-state index is 12.2. The van der Waals surface area contributed by atoms with Crippen LogP contribution in [0.1, 0.15) is 27.9 Å². The van der Waals surface area contributed by atoms with E-state index in [1.54, 1.807) is 6.20 Å². The van der Waals surface area contributed by atoms with Gasteiger partial charge in [-0.05, 0) is 36.5 Å². The number of carbonyl (C=O) groups excluding carboxylic acids is 1. The highest BCUT2D eigenvalue weighted by Crippen LogP contribution is 2.24. The third-order valence-electron chi connectivity index (χ3n) is 3.53. The molecular formula is C15H16N2OS. The third kappa shape index (κ3) is 2.59. The summed E-state index contributed by atoms with van der Waals surface area (Å²) in [5.41, 5.74) is 3.60. The molecule has 0 aliphatic heterocycles. The van der Waals surface area contributed by atoms with E-state index in [1.807, 2.05) is 23.9 Å². The van der Waals surface area contributed by atoms with Crippen LogP contribution in [0.3, 0.4) is 0 Å². The van der Waals surface area contributed by atoms with Gasteiger partial charge in [-0.3, -0.25) is 4.79 Å². The van der Waals surface area contributed by atoms with Crippen LogP contribution in [0.4, 0.5) is 0 Å². The summed E-state index contributed by atoms with van der Waals surface area (Å²) in [6, 6.07) is 6.15. The molecule has 0 unspecified atom stereocenters. The lowest BCUT2D eigenvalue weighted by atomic mass is 10.0. The van der Waals surface area contributed by atoms with Crippen LogP contribution in [-0.2, 0) is 19.9 Å². The van der Waals surface area contributed by atoms with Crippen LogP contribution in [0.5, 0.6) is 0 Å². The van der Waals surface area contributed by atoms with Gasteiger partial charge < -0.3 is 4.57 Å². The van der Waals surface area contributed by atoms with E-state index in [1.165, 1.54) is 29.3 Å². The number of carbonyl (C=O) groups is 1. The Morgan fingerprint density at radius 1 is 1.37 bits per heavy atom. The summed E-state index contributed by atoms with van der Waals surface area (Å²) in [4.78, 5) is 16.4. The second-order valence-electron chi connectivity index (χ2n) is 4.87. The Kier molecular flexibility index (Phi) is 3.42. The van der Waals surface area contributed by atoms with Gasteiger partial charge in [-0.15, -0.1) is 0 Å². The summed E-state index contributed by atoms with van der Waals surface area (Å²) < 4.78 is 1.93. The number of hydrogen-bond donors (Lipinski definition) is 0. The van der Waals surface area contributed by atoms with E-state index in [-0.39, 0.29) is 5.78 Å². The van der Waals surface area contributed by atoms with Crippen LogP contribution in [0.15, 0.2) is 35.7 Å². The molecule has 0 fully saturated rings. The zero-order valence-electron chi connectivity index (χ0n) is 10.9. The summed E-state index contributed by atoms with van der Waals surface area (Å²) in [6.45, 7) is 0. The van der Waals surface area contributed by atoms with Gasteiger partial charge in [0.2, 0.25) is 0 Å². The largest absolute Gasteiger partial charge is 0.329 e. The van der Waals surface area contributed by atoms with Gasteiger partial charge in [0, 0.05) is 25.0 Å². The molecule has 0 saturated heterocycles. The average molecular weight is 272 g/mol. The number of ketones is 1. The van der Waals surface area contributed by atoms with Crippen LogP contribution in [0.2, 0.25) is 0 Å². The fourth-order valence-corrected chi connectivity index (χ4v) is 3.28. The summed E-state index contributed by atoms with van der Waals surface area (Å²) in [7, 11) is 1.94. The molecule has 3 nitrogen and oxygen atoms in total. The Morgan fingerprint density at radius 2 is 2.21 bits per heavy atom. The van der Waals surface area contributed by atoms with E-state index < -0.39 is 0 Å². The number of rotatable bonds is 4. The molecule has 1 aromatic heterocycles. The van der Waals surface area contributed by atoms with Gasteiger partial charge >= 0.3 is 0 Å². The summed E-state index contributed by atoms with van der Waals surface area (Å²) >= 11 is 1.49. The fourth-order valence-electron chi connectivity index (χ4n) is 2.45. The second-order valence-corrected chi connectivity index (χ2v) is 5.81. The summed E-state index contributed by atoms with van der Waals surface area (Å²) in [6.07, 6.45) is 7.13. The van der Waals surface area contributed by atoms with Gasteiger partial charge in [0.05, 0.1) is 5.75 Å². The molecule has 0 radical (unpaired) electrons. The lowest BCUT2D eigenvalue weighted by Crippen LogP contribution is -2.04. The van der Waals surface area contributed by atoms with Gasteiger partial charge in [-0.2, -0.15) is 0 Å². The van der Waals surface area contributed by atoms with E-state index in [0.717, 1.165) is 23.6 Å². The molecule has 0 saturated carbocycles. The molecule has 98 valence electrons. The minimum atomic E-state index is 0.183. The van der Waals surface area contributed by atoms with Gasteiger partial charge in [0.1, 0.15) is 0 Å².